The molecule has 1 heterocycles. The fourth-order valence-electron chi connectivity index (χ4n) is 2.73. The molecule has 0 aliphatic heterocycles. The summed E-state index contributed by atoms with van der Waals surface area (Å²) >= 11 is 1.42. The minimum absolute atomic E-state index is 0.218. The molecule has 5 nitrogen and oxygen atoms in total. The van der Waals surface area contributed by atoms with E-state index in [1.54, 1.807) is 13.8 Å². The zero-order valence-electron chi connectivity index (χ0n) is 15.7. The molecule has 1 N–H and O–H groups in total. The molecule has 7 heteroatoms. The van der Waals surface area contributed by atoms with E-state index in [0.29, 0.717) is 16.6 Å². The molecular formula is C20H22N2O3S2. The first kappa shape index (κ1) is 19.5. The van der Waals surface area contributed by atoms with Crippen LogP contribution in [-0.2, 0) is 9.84 Å². The molecular weight excluding hydrogens is 380 g/mol. The lowest BCUT2D eigenvalue weighted by molar-refractivity contribution is 0.102. The first-order valence-electron chi connectivity index (χ1n) is 8.75. The van der Waals surface area contributed by atoms with E-state index in [9.17, 15) is 13.2 Å². The summed E-state index contributed by atoms with van der Waals surface area (Å²) in [5.41, 5.74) is 2.44. The molecule has 0 spiro atoms. The molecule has 0 fully saturated rings. The second kappa shape index (κ2) is 7.40. The summed E-state index contributed by atoms with van der Waals surface area (Å²) in [5.74, 6) is 0.0310. The van der Waals surface area contributed by atoms with Crippen LogP contribution in [0.1, 0.15) is 49.5 Å². The Balaban J connectivity index is 1.84. The SMILES string of the molecule is CC(C)c1cccc2sc(NC(=O)c3ccc(S(=O)(=O)C(C)C)cc3)nc12. The fourth-order valence-corrected chi connectivity index (χ4v) is 4.68. The highest BCUT2D eigenvalue weighted by Gasteiger charge is 2.20. The maximum Gasteiger partial charge on any atom is 0.257 e. The Hall–Kier alpha value is -2.25. The number of sulfone groups is 1. The van der Waals surface area contributed by atoms with Crippen molar-refractivity contribution in [2.24, 2.45) is 0 Å². The van der Waals surface area contributed by atoms with E-state index in [2.05, 4.69) is 24.1 Å². The van der Waals surface area contributed by atoms with Crippen molar-refractivity contribution in [2.75, 3.05) is 5.32 Å². The first-order chi connectivity index (χ1) is 12.7. The number of nitrogens with zero attached hydrogens (tertiary/aromatic N) is 1. The van der Waals surface area contributed by atoms with Gasteiger partial charge >= 0.3 is 0 Å². The van der Waals surface area contributed by atoms with Crippen LogP contribution in [-0.4, -0.2) is 24.6 Å². The second-order valence-corrected chi connectivity index (χ2v) is 10.5. The van der Waals surface area contributed by atoms with Crippen LogP contribution in [0.15, 0.2) is 47.4 Å². The number of benzene rings is 2. The minimum Gasteiger partial charge on any atom is -0.298 e. The Labute approximate surface area is 163 Å². The normalized spacial score (nSPS) is 12.1. The minimum atomic E-state index is -3.35. The summed E-state index contributed by atoms with van der Waals surface area (Å²) in [5, 5.41) is 2.84. The molecule has 0 bridgehead atoms. The number of para-hydroxylation sites is 1. The Morgan fingerprint density at radius 1 is 1.04 bits per heavy atom. The van der Waals surface area contributed by atoms with E-state index < -0.39 is 15.1 Å². The molecule has 1 aromatic heterocycles. The lowest BCUT2D eigenvalue weighted by atomic mass is 10.0. The number of hydrogen-bond donors (Lipinski definition) is 1. The van der Waals surface area contributed by atoms with E-state index >= 15 is 0 Å². The summed E-state index contributed by atoms with van der Waals surface area (Å²) in [6, 6.07) is 12.0. The third-order valence-corrected chi connectivity index (χ3v) is 7.46. The molecule has 0 aliphatic carbocycles. The van der Waals surface area contributed by atoms with Gasteiger partial charge in [-0.05, 0) is 55.7 Å². The molecule has 0 aliphatic rings. The number of thiazole rings is 1. The van der Waals surface area contributed by atoms with Crippen LogP contribution < -0.4 is 5.32 Å². The molecule has 0 saturated carbocycles. The van der Waals surface area contributed by atoms with Gasteiger partial charge in [0.05, 0.1) is 20.4 Å². The summed E-state index contributed by atoms with van der Waals surface area (Å²) < 4.78 is 25.4. The van der Waals surface area contributed by atoms with E-state index in [1.165, 1.54) is 35.6 Å². The van der Waals surface area contributed by atoms with Crippen LogP contribution in [0.2, 0.25) is 0 Å². The van der Waals surface area contributed by atoms with Crippen molar-refractivity contribution in [1.82, 2.24) is 4.98 Å². The van der Waals surface area contributed by atoms with Crippen LogP contribution in [0.3, 0.4) is 0 Å². The standard InChI is InChI=1S/C20H22N2O3S2/c1-12(2)16-6-5-7-17-18(16)21-20(26-17)22-19(23)14-8-10-15(11-9-14)27(24,25)13(3)4/h5-13H,1-4H3,(H,21,22,23). The van der Waals surface area contributed by atoms with Gasteiger partial charge in [0.1, 0.15) is 0 Å². The predicted octanol–water partition coefficient (Wildman–Crippen LogP) is 4.85. The van der Waals surface area contributed by atoms with Gasteiger partial charge < -0.3 is 0 Å². The van der Waals surface area contributed by atoms with E-state index in [4.69, 9.17) is 0 Å². The van der Waals surface area contributed by atoms with Gasteiger partial charge in [0.2, 0.25) is 0 Å². The van der Waals surface area contributed by atoms with Gasteiger partial charge in [0, 0.05) is 5.56 Å². The molecule has 2 aromatic carbocycles. The Morgan fingerprint density at radius 2 is 1.70 bits per heavy atom. The van der Waals surface area contributed by atoms with Crippen LogP contribution in [0, 0.1) is 0 Å². The van der Waals surface area contributed by atoms with Gasteiger partial charge in [-0.3, -0.25) is 10.1 Å². The third-order valence-electron chi connectivity index (χ3n) is 4.36. The van der Waals surface area contributed by atoms with E-state index in [0.717, 1.165) is 15.8 Å². The predicted molar refractivity (Wildman–Crippen MR) is 110 cm³/mol. The number of anilines is 1. The summed E-state index contributed by atoms with van der Waals surface area (Å²) in [4.78, 5) is 17.3. The van der Waals surface area contributed by atoms with Gasteiger partial charge in [0.25, 0.3) is 5.91 Å². The number of nitrogens with one attached hydrogen (secondary N) is 1. The molecule has 0 unspecified atom stereocenters. The number of carbonyl (C=O) groups excluding carboxylic acids is 1. The Bertz CT molecular complexity index is 1080. The topological polar surface area (TPSA) is 76.1 Å². The molecule has 27 heavy (non-hydrogen) atoms. The molecule has 0 saturated heterocycles. The zero-order valence-corrected chi connectivity index (χ0v) is 17.3. The van der Waals surface area contributed by atoms with Crippen molar-refractivity contribution < 1.29 is 13.2 Å². The molecule has 3 aromatic rings. The van der Waals surface area contributed by atoms with Gasteiger partial charge in [-0.25, -0.2) is 13.4 Å². The van der Waals surface area contributed by atoms with E-state index in [1.807, 2.05) is 18.2 Å². The van der Waals surface area contributed by atoms with Crippen molar-refractivity contribution in [3.8, 4) is 0 Å². The lowest BCUT2D eigenvalue weighted by Crippen LogP contribution is -2.15. The van der Waals surface area contributed by atoms with Crippen molar-refractivity contribution >= 4 is 42.4 Å². The summed E-state index contributed by atoms with van der Waals surface area (Å²) in [6.07, 6.45) is 0. The highest BCUT2D eigenvalue weighted by molar-refractivity contribution is 7.92. The molecule has 0 atom stereocenters. The number of rotatable bonds is 5. The van der Waals surface area contributed by atoms with Crippen LogP contribution in [0.4, 0.5) is 5.13 Å². The Morgan fingerprint density at radius 3 is 2.30 bits per heavy atom. The van der Waals surface area contributed by atoms with Gasteiger partial charge in [-0.1, -0.05) is 37.3 Å². The highest BCUT2D eigenvalue weighted by atomic mass is 32.2. The van der Waals surface area contributed by atoms with Gasteiger partial charge in [0.15, 0.2) is 15.0 Å². The molecule has 142 valence electrons. The molecule has 0 radical (unpaired) electrons. The van der Waals surface area contributed by atoms with Crippen molar-refractivity contribution in [3.63, 3.8) is 0 Å². The monoisotopic (exact) mass is 402 g/mol. The number of carbonyl (C=O) groups is 1. The number of amides is 1. The number of fused-ring (bicyclic) bond motifs is 1. The smallest absolute Gasteiger partial charge is 0.257 e. The van der Waals surface area contributed by atoms with Crippen LogP contribution >= 0.6 is 11.3 Å². The van der Waals surface area contributed by atoms with Gasteiger partial charge in [-0.15, -0.1) is 0 Å². The zero-order chi connectivity index (χ0) is 19.8. The number of aromatic nitrogens is 1. The third kappa shape index (κ3) is 3.89. The van der Waals surface area contributed by atoms with Crippen molar-refractivity contribution in [2.45, 2.75) is 43.8 Å². The highest BCUT2D eigenvalue weighted by Crippen LogP contribution is 2.31. The maximum atomic E-state index is 12.5. The van der Waals surface area contributed by atoms with Crippen molar-refractivity contribution in [1.29, 1.82) is 0 Å². The first-order valence-corrected chi connectivity index (χ1v) is 11.1. The molecule has 1 amide bonds. The fraction of sp³-hybridized carbons (Fsp3) is 0.300. The maximum absolute atomic E-state index is 12.5. The Kier molecular flexibility index (Phi) is 5.35. The van der Waals surface area contributed by atoms with Gasteiger partial charge in [-0.2, -0.15) is 0 Å². The average Bonchev–Trinajstić information content (AvgIpc) is 3.03. The van der Waals surface area contributed by atoms with Crippen molar-refractivity contribution in [3.05, 3.63) is 53.6 Å². The summed E-state index contributed by atoms with van der Waals surface area (Å²) in [6.45, 7) is 7.49. The molecule has 3 rings (SSSR count). The second-order valence-electron chi connectivity index (χ2n) is 6.94. The van der Waals surface area contributed by atoms with Crippen LogP contribution in [0.5, 0.6) is 0 Å². The summed E-state index contributed by atoms with van der Waals surface area (Å²) in [7, 11) is -3.35. The van der Waals surface area contributed by atoms with E-state index in [-0.39, 0.29) is 10.8 Å². The largest absolute Gasteiger partial charge is 0.298 e. The average molecular weight is 403 g/mol. The van der Waals surface area contributed by atoms with Crippen LogP contribution in [0.25, 0.3) is 10.2 Å². The lowest BCUT2D eigenvalue weighted by Gasteiger charge is -2.08. The number of hydrogen-bond acceptors (Lipinski definition) is 5. The quantitative estimate of drug-likeness (QED) is 0.661.